The zero-order valence-corrected chi connectivity index (χ0v) is 14.5. The van der Waals surface area contributed by atoms with E-state index >= 15 is 0 Å². The number of aliphatic hydroxyl groups excluding tert-OH is 1. The molecule has 1 fully saturated rings. The lowest BCUT2D eigenvalue weighted by Crippen LogP contribution is -2.40. The summed E-state index contributed by atoms with van der Waals surface area (Å²) in [6.45, 7) is 5.55. The fraction of sp³-hybridized carbons (Fsp3) is 0.474. The van der Waals surface area contributed by atoms with Gasteiger partial charge in [-0.2, -0.15) is 0 Å². The van der Waals surface area contributed by atoms with E-state index in [-0.39, 0.29) is 12.4 Å². The minimum absolute atomic E-state index is 0. The van der Waals surface area contributed by atoms with Crippen molar-refractivity contribution < 1.29 is 9.84 Å². The first-order valence-corrected chi connectivity index (χ1v) is 8.23. The van der Waals surface area contributed by atoms with Gasteiger partial charge < -0.3 is 14.7 Å². The Labute approximate surface area is 144 Å². The van der Waals surface area contributed by atoms with Crippen LogP contribution in [0, 0.1) is 5.92 Å². The Bertz CT molecular complexity index is 611. The summed E-state index contributed by atoms with van der Waals surface area (Å²) in [5.41, 5.74) is 0. The van der Waals surface area contributed by atoms with Crippen molar-refractivity contribution in [3.63, 3.8) is 0 Å². The van der Waals surface area contributed by atoms with E-state index in [1.54, 1.807) is 0 Å². The molecule has 0 saturated carbocycles. The van der Waals surface area contributed by atoms with E-state index in [0.29, 0.717) is 13.2 Å². The molecule has 1 aliphatic heterocycles. The molecular formula is C19H26ClNO2. The maximum Gasteiger partial charge on any atom is 0.120 e. The third kappa shape index (κ3) is 5.10. The summed E-state index contributed by atoms with van der Waals surface area (Å²) in [4.78, 5) is 2.34. The molecule has 0 radical (unpaired) electrons. The first-order valence-electron chi connectivity index (χ1n) is 8.23. The number of piperidine rings is 1. The molecule has 3 nitrogen and oxygen atoms in total. The van der Waals surface area contributed by atoms with Gasteiger partial charge >= 0.3 is 0 Å². The number of hydrogen-bond donors (Lipinski definition) is 1. The highest BCUT2D eigenvalue weighted by molar-refractivity contribution is 5.85. The van der Waals surface area contributed by atoms with Gasteiger partial charge in [0.05, 0.1) is 0 Å². The molecule has 1 unspecified atom stereocenters. The number of hydrogen-bond acceptors (Lipinski definition) is 3. The molecule has 1 aliphatic rings. The summed E-state index contributed by atoms with van der Waals surface area (Å²) >= 11 is 0. The van der Waals surface area contributed by atoms with Crippen LogP contribution in [-0.2, 0) is 0 Å². The third-order valence-electron chi connectivity index (χ3n) is 4.51. The monoisotopic (exact) mass is 335 g/mol. The molecule has 0 amide bonds. The van der Waals surface area contributed by atoms with Crippen LogP contribution >= 0.6 is 12.4 Å². The van der Waals surface area contributed by atoms with Gasteiger partial charge in [-0.1, -0.05) is 37.3 Å². The second kappa shape index (κ2) is 8.53. The normalized spacial score (nSPS) is 17.7. The average Bonchev–Trinajstić information content (AvgIpc) is 2.55. The van der Waals surface area contributed by atoms with E-state index in [0.717, 1.165) is 24.8 Å². The van der Waals surface area contributed by atoms with Crippen molar-refractivity contribution in [2.24, 2.45) is 5.92 Å². The Kier molecular flexibility index (Phi) is 6.70. The maximum atomic E-state index is 10.2. The Hall–Kier alpha value is -1.29. The number of likely N-dealkylation sites (tertiary alicyclic amines) is 1. The van der Waals surface area contributed by atoms with Crippen LogP contribution in [0.1, 0.15) is 19.8 Å². The van der Waals surface area contributed by atoms with E-state index in [4.69, 9.17) is 4.74 Å². The van der Waals surface area contributed by atoms with Gasteiger partial charge in [0.1, 0.15) is 18.5 Å². The molecule has 4 heteroatoms. The molecule has 1 saturated heterocycles. The molecular weight excluding hydrogens is 310 g/mol. The van der Waals surface area contributed by atoms with Gasteiger partial charge in [-0.05, 0) is 54.8 Å². The summed E-state index contributed by atoms with van der Waals surface area (Å²) in [6.07, 6.45) is 2.04. The molecule has 2 aromatic rings. The van der Waals surface area contributed by atoms with Crippen molar-refractivity contribution in [3.8, 4) is 5.75 Å². The topological polar surface area (TPSA) is 32.7 Å². The van der Waals surface area contributed by atoms with Crippen molar-refractivity contribution in [2.75, 3.05) is 26.2 Å². The molecule has 2 aromatic carbocycles. The fourth-order valence-electron chi connectivity index (χ4n) is 3.04. The van der Waals surface area contributed by atoms with Crippen LogP contribution in [0.4, 0.5) is 0 Å². The summed E-state index contributed by atoms with van der Waals surface area (Å²) in [6, 6.07) is 14.3. The molecule has 1 N–H and O–H groups in total. The second-order valence-corrected chi connectivity index (χ2v) is 6.46. The molecule has 0 bridgehead atoms. The minimum Gasteiger partial charge on any atom is -0.491 e. The van der Waals surface area contributed by atoms with Crippen LogP contribution < -0.4 is 4.74 Å². The molecule has 0 aromatic heterocycles. The smallest absolute Gasteiger partial charge is 0.120 e. The number of halogens is 1. The number of β-amino-alcohol motifs (C(OH)–C–C–N with tert-alkyl or cyclic N) is 1. The second-order valence-electron chi connectivity index (χ2n) is 6.46. The molecule has 23 heavy (non-hydrogen) atoms. The SMILES string of the molecule is CC1CCN(CC(O)COc2ccc3ccccc3c2)CC1.Cl. The van der Waals surface area contributed by atoms with Gasteiger partial charge in [-0.25, -0.2) is 0 Å². The van der Waals surface area contributed by atoms with Crippen LogP contribution in [0.25, 0.3) is 10.8 Å². The zero-order valence-electron chi connectivity index (χ0n) is 13.6. The van der Waals surface area contributed by atoms with Crippen molar-refractivity contribution >= 4 is 23.2 Å². The summed E-state index contributed by atoms with van der Waals surface area (Å²) < 4.78 is 5.76. The highest BCUT2D eigenvalue weighted by Gasteiger charge is 2.18. The van der Waals surface area contributed by atoms with E-state index in [2.05, 4.69) is 30.0 Å². The van der Waals surface area contributed by atoms with Crippen LogP contribution in [0.2, 0.25) is 0 Å². The molecule has 3 rings (SSSR count). The summed E-state index contributed by atoms with van der Waals surface area (Å²) in [5.74, 6) is 1.65. The van der Waals surface area contributed by atoms with Crippen molar-refractivity contribution in [3.05, 3.63) is 42.5 Å². The fourth-order valence-corrected chi connectivity index (χ4v) is 3.04. The highest BCUT2D eigenvalue weighted by atomic mass is 35.5. The lowest BCUT2D eigenvalue weighted by molar-refractivity contribution is 0.0563. The minimum atomic E-state index is -0.431. The van der Waals surface area contributed by atoms with E-state index in [1.807, 2.05) is 24.3 Å². The lowest BCUT2D eigenvalue weighted by Gasteiger charge is -2.31. The van der Waals surface area contributed by atoms with E-state index in [9.17, 15) is 5.11 Å². The quantitative estimate of drug-likeness (QED) is 0.903. The Morgan fingerprint density at radius 2 is 1.83 bits per heavy atom. The Morgan fingerprint density at radius 1 is 1.13 bits per heavy atom. The predicted octanol–water partition coefficient (Wildman–Crippen LogP) is 3.73. The Morgan fingerprint density at radius 3 is 2.57 bits per heavy atom. The van der Waals surface area contributed by atoms with Crippen LogP contribution in [0.15, 0.2) is 42.5 Å². The summed E-state index contributed by atoms with van der Waals surface area (Å²) in [5, 5.41) is 12.5. The highest BCUT2D eigenvalue weighted by Crippen LogP contribution is 2.21. The van der Waals surface area contributed by atoms with E-state index in [1.165, 1.54) is 23.6 Å². The molecule has 0 aliphatic carbocycles. The number of rotatable bonds is 5. The molecule has 126 valence electrons. The number of ether oxygens (including phenoxy) is 1. The molecule has 0 spiro atoms. The van der Waals surface area contributed by atoms with Gasteiger partial charge in [0.2, 0.25) is 0 Å². The third-order valence-corrected chi connectivity index (χ3v) is 4.51. The number of fused-ring (bicyclic) bond motifs is 1. The van der Waals surface area contributed by atoms with Gasteiger partial charge in [-0.15, -0.1) is 12.4 Å². The van der Waals surface area contributed by atoms with Gasteiger partial charge in [0.25, 0.3) is 0 Å². The lowest BCUT2D eigenvalue weighted by atomic mass is 9.99. The van der Waals surface area contributed by atoms with Gasteiger partial charge in [0.15, 0.2) is 0 Å². The van der Waals surface area contributed by atoms with Crippen LogP contribution in [0.5, 0.6) is 5.75 Å². The first-order chi connectivity index (χ1) is 10.7. The molecule has 1 atom stereocenters. The number of aliphatic hydroxyl groups is 1. The number of nitrogens with zero attached hydrogens (tertiary/aromatic N) is 1. The van der Waals surface area contributed by atoms with Crippen LogP contribution in [-0.4, -0.2) is 42.4 Å². The van der Waals surface area contributed by atoms with Crippen molar-refractivity contribution in [1.82, 2.24) is 4.90 Å². The van der Waals surface area contributed by atoms with Crippen LogP contribution in [0.3, 0.4) is 0 Å². The van der Waals surface area contributed by atoms with Crippen molar-refractivity contribution in [2.45, 2.75) is 25.9 Å². The largest absolute Gasteiger partial charge is 0.491 e. The number of benzene rings is 2. The zero-order chi connectivity index (χ0) is 15.4. The maximum absolute atomic E-state index is 10.2. The Balaban J connectivity index is 0.00000192. The molecule has 1 heterocycles. The standard InChI is InChI=1S/C19H25NO2.ClH/c1-15-8-10-20(11-9-15)13-18(21)14-22-19-7-6-16-4-2-3-5-17(16)12-19;/h2-7,12,15,18,21H,8-11,13-14H2,1H3;1H. The van der Waals surface area contributed by atoms with E-state index < -0.39 is 6.10 Å². The predicted molar refractivity (Wildman–Crippen MR) is 97.5 cm³/mol. The van der Waals surface area contributed by atoms with Gasteiger partial charge in [0, 0.05) is 6.54 Å². The van der Waals surface area contributed by atoms with Gasteiger partial charge in [-0.3, -0.25) is 0 Å². The summed E-state index contributed by atoms with van der Waals surface area (Å²) in [7, 11) is 0. The average molecular weight is 336 g/mol. The van der Waals surface area contributed by atoms with Crippen molar-refractivity contribution in [1.29, 1.82) is 0 Å². The first kappa shape index (κ1) is 18.1.